The van der Waals surface area contributed by atoms with E-state index in [1.807, 2.05) is 18.5 Å². The molecule has 0 saturated carbocycles. The highest BCUT2D eigenvalue weighted by Gasteiger charge is 2.02. The zero-order valence-electron chi connectivity index (χ0n) is 17.7. The van der Waals surface area contributed by atoms with Crippen LogP contribution in [0.15, 0.2) is 73.1 Å². The van der Waals surface area contributed by atoms with E-state index in [-0.39, 0.29) is 0 Å². The zero-order chi connectivity index (χ0) is 20.4. The molecule has 0 amide bonds. The van der Waals surface area contributed by atoms with Crippen molar-refractivity contribution in [3.05, 3.63) is 78.6 Å². The van der Waals surface area contributed by atoms with Crippen molar-refractivity contribution >= 4 is 27.5 Å². The second-order valence-electron chi connectivity index (χ2n) is 8.01. The Labute approximate surface area is 179 Å². The number of unbranched alkanes of at least 4 members (excludes halogenated alkanes) is 6. The van der Waals surface area contributed by atoms with Crippen molar-refractivity contribution in [2.24, 2.45) is 0 Å². The fraction of sp³-hybridized carbons (Fsp3) is 0.333. The van der Waals surface area contributed by atoms with Gasteiger partial charge in [0, 0.05) is 35.4 Å². The molecule has 0 fully saturated rings. The van der Waals surface area contributed by atoms with Crippen molar-refractivity contribution in [3.8, 4) is 0 Å². The van der Waals surface area contributed by atoms with Crippen LogP contribution in [-0.4, -0.2) is 16.5 Å². The monoisotopic (exact) mass is 397 g/mol. The van der Waals surface area contributed by atoms with Crippen LogP contribution in [-0.2, 0) is 6.42 Å². The van der Waals surface area contributed by atoms with Crippen LogP contribution in [0.5, 0.6) is 0 Å². The Kier molecular flexibility index (Phi) is 7.27. The predicted octanol–water partition coefficient (Wildman–Crippen LogP) is 7.17. The quantitative estimate of drug-likeness (QED) is 0.273. The van der Waals surface area contributed by atoms with Gasteiger partial charge in [-0.3, -0.25) is 9.97 Å². The summed E-state index contributed by atoms with van der Waals surface area (Å²) in [6.07, 6.45) is 14.1. The summed E-state index contributed by atoms with van der Waals surface area (Å²) in [5.74, 6) is 0. The van der Waals surface area contributed by atoms with Crippen LogP contribution in [0.3, 0.4) is 0 Å². The highest BCUT2D eigenvalue weighted by Crippen LogP contribution is 2.21. The van der Waals surface area contributed by atoms with Gasteiger partial charge in [-0.05, 0) is 49.1 Å². The molecule has 0 aliphatic rings. The number of nitrogens with zero attached hydrogens (tertiary/aromatic N) is 2. The maximum atomic E-state index is 4.46. The molecule has 4 rings (SSSR count). The van der Waals surface area contributed by atoms with Crippen LogP contribution in [0.2, 0.25) is 0 Å². The number of aromatic nitrogens is 2. The largest absolute Gasteiger partial charge is 0.384 e. The summed E-state index contributed by atoms with van der Waals surface area (Å²) in [6.45, 7) is 1.03. The van der Waals surface area contributed by atoms with E-state index in [2.05, 4.69) is 69.9 Å². The van der Waals surface area contributed by atoms with Crippen molar-refractivity contribution in [2.45, 2.75) is 51.4 Å². The van der Waals surface area contributed by atoms with Crippen LogP contribution in [0.4, 0.5) is 5.69 Å². The fourth-order valence-electron chi connectivity index (χ4n) is 4.17. The molecule has 4 aromatic rings. The minimum Gasteiger partial charge on any atom is -0.384 e. The molecule has 0 saturated heterocycles. The first kappa shape index (κ1) is 20.3. The number of hydrogen-bond donors (Lipinski definition) is 1. The summed E-state index contributed by atoms with van der Waals surface area (Å²) in [4.78, 5) is 8.89. The number of benzene rings is 2. The molecule has 2 heterocycles. The number of para-hydroxylation sites is 2. The first-order valence-electron chi connectivity index (χ1n) is 11.3. The number of fused-ring (bicyclic) bond motifs is 2. The third-order valence-electron chi connectivity index (χ3n) is 5.83. The van der Waals surface area contributed by atoms with E-state index >= 15 is 0 Å². The van der Waals surface area contributed by atoms with Gasteiger partial charge in [0.2, 0.25) is 0 Å². The summed E-state index contributed by atoms with van der Waals surface area (Å²) >= 11 is 0. The average molecular weight is 398 g/mol. The van der Waals surface area contributed by atoms with E-state index in [9.17, 15) is 0 Å². The summed E-state index contributed by atoms with van der Waals surface area (Å²) in [5.41, 5.74) is 4.81. The molecule has 0 radical (unpaired) electrons. The molecular formula is C27H31N3. The van der Waals surface area contributed by atoms with E-state index < -0.39 is 0 Å². The van der Waals surface area contributed by atoms with Crippen molar-refractivity contribution < 1.29 is 0 Å². The summed E-state index contributed by atoms with van der Waals surface area (Å²) in [5, 5.41) is 6.11. The first-order chi connectivity index (χ1) is 14.9. The minimum absolute atomic E-state index is 1.03. The second kappa shape index (κ2) is 10.7. The van der Waals surface area contributed by atoms with Crippen molar-refractivity contribution in [2.75, 3.05) is 11.9 Å². The van der Waals surface area contributed by atoms with Gasteiger partial charge in [-0.15, -0.1) is 0 Å². The molecule has 2 aromatic carbocycles. The maximum Gasteiger partial charge on any atom is 0.0722 e. The molecule has 0 spiro atoms. The van der Waals surface area contributed by atoms with Gasteiger partial charge in [0.05, 0.1) is 11.0 Å². The lowest BCUT2D eigenvalue weighted by Gasteiger charge is -2.09. The zero-order valence-corrected chi connectivity index (χ0v) is 17.7. The van der Waals surface area contributed by atoms with Gasteiger partial charge in [0.15, 0.2) is 0 Å². The Hall–Kier alpha value is -2.94. The summed E-state index contributed by atoms with van der Waals surface area (Å²) in [7, 11) is 0. The molecule has 3 heteroatoms. The number of rotatable bonds is 11. The highest BCUT2D eigenvalue weighted by molar-refractivity contribution is 5.90. The Morgan fingerprint density at radius 2 is 1.17 bits per heavy atom. The van der Waals surface area contributed by atoms with Gasteiger partial charge < -0.3 is 5.32 Å². The number of hydrogen-bond acceptors (Lipinski definition) is 3. The SMILES string of the molecule is c1ccc2c(CCCCCCCCCNc3ccnc4ccccc34)ccnc2c1. The van der Waals surface area contributed by atoms with Gasteiger partial charge >= 0.3 is 0 Å². The van der Waals surface area contributed by atoms with Gasteiger partial charge in [-0.2, -0.15) is 0 Å². The molecule has 154 valence electrons. The summed E-state index contributed by atoms with van der Waals surface area (Å²) in [6, 6.07) is 21.1. The van der Waals surface area contributed by atoms with E-state index in [0.29, 0.717) is 0 Å². The normalized spacial score (nSPS) is 11.2. The molecule has 0 aliphatic carbocycles. The van der Waals surface area contributed by atoms with E-state index in [4.69, 9.17) is 0 Å². The Bertz CT molecular complexity index is 976. The maximum absolute atomic E-state index is 4.46. The molecule has 0 atom stereocenters. The fourth-order valence-corrected chi connectivity index (χ4v) is 4.17. The molecule has 2 aromatic heterocycles. The smallest absolute Gasteiger partial charge is 0.0722 e. The van der Waals surface area contributed by atoms with Gasteiger partial charge in [0.25, 0.3) is 0 Å². The van der Waals surface area contributed by atoms with Crippen LogP contribution in [0.1, 0.15) is 50.5 Å². The van der Waals surface area contributed by atoms with Crippen LogP contribution in [0, 0.1) is 0 Å². The lowest BCUT2D eigenvalue weighted by molar-refractivity contribution is 0.585. The lowest BCUT2D eigenvalue weighted by Crippen LogP contribution is -2.02. The summed E-state index contributed by atoms with van der Waals surface area (Å²) < 4.78 is 0. The third-order valence-corrected chi connectivity index (χ3v) is 5.83. The number of pyridine rings is 2. The van der Waals surface area contributed by atoms with Gasteiger partial charge in [0.1, 0.15) is 0 Å². The second-order valence-corrected chi connectivity index (χ2v) is 8.01. The van der Waals surface area contributed by atoms with Gasteiger partial charge in [-0.25, -0.2) is 0 Å². The van der Waals surface area contributed by atoms with Gasteiger partial charge in [-0.1, -0.05) is 68.5 Å². The Morgan fingerprint density at radius 1 is 0.567 bits per heavy atom. The Morgan fingerprint density at radius 3 is 1.97 bits per heavy atom. The Balaban J connectivity index is 1.08. The molecule has 3 nitrogen and oxygen atoms in total. The van der Waals surface area contributed by atoms with Crippen LogP contribution >= 0.6 is 0 Å². The standard InChI is InChI=1S/C27H31N3/c1(2-4-6-12-22-17-20-29-25-15-9-7-13-23(22)25)3-5-11-19-28-27-18-21-30-26-16-10-8-14-24(26)27/h7-10,13-18,20-21H,1-6,11-12,19H2,(H,28,30). The van der Waals surface area contributed by atoms with Crippen molar-refractivity contribution in [1.29, 1.82) is 0 Å². The molecular weight excluding hydrogens is 366 g/mol. The third kappa shape index (κ3) is 5.35. The molecule has 1 N–H and O–H groups in total. The van der Waals surface area contributed by atoms with Crippen molar-refractivity contribution in [3.63, 3.8) is 0 Å². The van der Waals surface area contributed by atoms with Crippen molar-refractivity contribution in [1.82, 2.24) is 9.97 Å². The molecule has 0 unspecified atom stereocenters. The molecule has 30 heavy (non-hydrogen) atoms. The molecule has 0 bridgehead atoms. The average Bonchev–Trinajstić information content (AvgIpc) is 2.80. The number of anilines is 1. The van der Waals surface area contributed by atoms with E-state index in [0.717, 1.165) is 24.0 Å². The highest BCUT2D eigenvalue weighted by atomic mass is 14.9. The first-order valence-corrected chi connectivity index (χ1v) is 11.3. The van der Waals surface area contributed by atoms with Crippen LogP contribution < -0.4 is 5.32 Å². The van der Waals surface area contributed by atoms with Crippen LogP contribution in [0.25, 0.3) is 21.8 Å². The number of aryl methyl sites for hydroxylation is 1. The van der Waals surface area contributed by atoms with E-state index in [1.165, 1.54) is 67.0 Å². The predicted molar refractivity (Wildman–Crippen MR) is 128 cm³/mol. The molecule has 0 aliphatic heterocycles. The topological polar surface area (TPSA) is 37.8 Å². The minimum atomic E-state index is 1.03. The van der Waals surface area contributed by atoms with E-state index in [1.54, 1.807) is 0 Å². The lowest BCUT2D eigenvalue weighted by atomic mass is 10.0. The number of nitrogens with one attached hydrogen (secondary N) is 1.